The van der Waals surface area contributed by atoms with Crippen LogP contribution in [0, 0.1) is 0 Å². The predicted molar refractivity (Wildman–Crippen MR) is 103 cm³/mol. The van der Waals surface area contributed by atoms with Crippen LogP contribution in [-0.4, -0.2) is 20.9 Å². The maximum atomic E-state index is 11.9. The summed E-state index contributed by atoms with van der Waals surface area (Å²) in [5, 5.41) is 2.96. The van der Waals surface area contributed by atoms with Crippen LogP contribution >= 0.6 is 31.9 Å². The monoisotopic (exact) mass is 456 g/mol. The van der Waals surface area contributed by atoms with E-state index in [1.165, 1.54) is 12.4 Å². The standard InChI is InChI=1S/C16H14Br2N2O2S/c1-23(21,22)16(10-19-14-6-2-12(17)3-7-14)11-20-15-8-4-13(18)5-9-15/h2-11,19H,1H3/b16-10+,20-11?. The SMILES string of the molecule is CS(=O)(=O)/C(C=Nc1ccc(Br)cc1)=C/Nc1ccc(Br)cc1. The first-order valence-electron chi connectivity index (χ1n) is 6.56. The quantitative estimate of drug-likeness (QED) is 0.648. The van der Waals surface area contributed by atoms with Crippen LogP contribution in [0.4, 0.5) is 11.4 Å². The molecule has 2 aromatic rings. The molecule has 0 spiro atoms. The van der Waals surface area contributed by atoms with Gasteiger partial charge in [0.1, 0.15) is 4.91 Å². The van der Waals surface area contributed by atoms with Crippen molar-refractivity contribution in [1.82, 2.24) is 0 Å². The maximum Gasteiger partial charge on any atom is 0.178 e. The third-order valence-corrected chi connectivity index (χ3v) is 4.96. The number of sulfone groups is 1. The lowest BCUT2D eigenvalue weighted by molar-refractivity contribution is 0.609. The minimum atomic E-state index is -3.39. The zero-order valence-electron chi connectivity index (χ0n) is 12.2. The van der Waals surface area contributed by atoms with Gasteiger partial charge in [-0.2, -0.15) is 0 Å². The highest BCUT2D eigenvalue weighted by Crippen LogP contribution is 2.18. The number of halogens is 2. The smallest absolute Gasteiger partial charge is 0.178 e. The van der Waals surface area contributed by atoms with Gasteiger partial charge in [0.2, 0.25) is 0 Å². The highest BCUT2D eigenvalue weighted by Gasteiger charge is 2.08. The Labute approximate surface area is 152 Å². The second kappa shape index (κ2) is 7.90. The molecule has 2 rings (SSSR count). The van der Waals surface area contributed by atoms with Crippen molar-refractivity contribution in [2.75, 3.05) is 11.6 Å². The van der Waals surface area contributed by atoms with Crippen LogP contribution in [-0.2, 0) is 9.84 Å². The Hall–Kier alpha value is -1.44. The summed E-state index contributed by atoms with van der Waals surface area (Å²) in [5.74, 6) is 0. The van der Waals surface area contributed by atoms with Gasteiger partial charge in [-0.05, 0) is 48.5 Å². The molecule has 0 aliphatic rings. The molecular formula is C16H14Br2N2O2S. The van der Waals surface area contributed by atoms with E-state index in [1.807, 2.05) is 36.4 Å². The number of anilines is 1. The van der Waals surface area contributed by atoms with Crippen LogP contribution < -0.4 is 5.32 Å². The molecule has 4 nitrogen and oxygen atoms in total. The molecule has 0 fully saturated rings. The number of rotatable bonds is 5. The van der Waals surface area contributed by atoms with Gasteiger partial charge in [-0.25, -0.2) is 8.42 Å². The van der Waals surface area contributed by atoms with E-state index < -0.39 is 9.84 Å². The van der Waals surface area contributed by atoms with Crippen LogP contribution in [0.3, 0.4) is 0 Å². The molecule has 7 heteroatoms. The largest absolute Gasteiger partial charge is 0.360 e. The van der Waals surface area contributed by atoms with Gasteiger partial charge in [0, 0.05) is 33.3 Å². The molecule has 23 heavy (non-hydrogen) atoms. The minimum Gasteiger partial charge on any atom is -0.360 e. The van der Waals surface area contributed by atoms with Crippen molar-refractivity contribution in [3.05, 3.63) is 68.6 Å². The van der Waals surface area contributed by atoms with Crippen molar-refractivity contribution in [2.45, 2.75) is 0 Å². The fourth-order valence-electron chi connectivity index (χ4n) is 1.61. The van der Waals surface area contributed by atoms with Gasteiger partial charge < -0.3 is 5.32 Å². The molecule has 120 valence electrons. The van der Waals surface area contributed by atoms with E-state index >= 15 is 0 Å². The number of nitrogens with zero attached hydrogens (tertiary/aromatic N) is 1. The first-order valence-corrected chi connectivity index (χ1v) is 10.0. The lowest BCUT2D eigenvalue weighted by Gasteiger charge is -2.03. The van der Waals surface area contributed by atoms with E-state index in [0.717, 1.165) is 20.9 Å². The van der Waals surface area contributed by atoms with Gasteiger partial charge >= 0.3 is 0 Å². The summed E-state index contributed by atoms with van der Waals surface area (Å²) in [6.45, 7) is 0. The first kappa shape index (κ1) is 17.9. The van der Waals surface area contributed by atoms with E-state index in [-0.39, 0.29) is 4.91 Å². The second-order valence-electron chi connectivity index (χ2n) is 4.70. The summed E-state index contributed by atoms with van der Waals surface area (Å²) in [7, 11) is -3.39. The topological polar surface area (TPSA) is 58.5 Å². The average molecular weight is 458 g/mol. The molecule has 0 saturated carbocycles. The molecule has 0 unspecified atom stereocenters. The van der Waals surface area contributed by atoms with Gasteiger partial charge in [0.05, 0.1) is 5.69 Å². The van der Waals surface area contributed by atoms with Crippen LogP contribution in [0.15, 0.2) is 73.6 Å². The van der Waals surface area contributed by atoms with Crippen LogP contribution in [0.2, 0.25) is 0 Å². The van der Waals surface area contributed by atoms with Gasteiger partial charge in [-0.3, -0.25) is 4.99 Å². The van der Waals surface area contributed by atoms with E-state index in [2.05, 4.69) is 42.2 Å². The van der Waals surface area contributed by atoms with Crippen LogP contribution in [0.5, 0.6) is 0 Å². The molecular weight excluding hydrogens is 444 g/mol. The van der Waals surface area contributed by atoms with E-state index in [4.69, 9.17) is 0 Å². The Kier molecular flexibility index (Phi) is 6.15. The highest BCUT2D eigenvalue weighted by molar-refractivity contribution is 9.10. The number of benzene rings is 2. The Morgan fingerprint density at radius 1 is 1.00 bits per heavy atom. The lowest BCUT2D eigenvalue weighted by atomic mass is 10.3. The van der Waals surface area contributed by atoms with Crippen molar-refractivity contribution in [3.8, 4) is 0 Å². The predicted octanol–water partition coefficient (Wildman–Crippen LogP) is 4.91. The average Bonchev–Trinajstić information content (AvgIpc) is 2.49. The minimum absolute atomic E-state index is 0.100. The number of nitrogens with one attached hydrogen (secondary N) is 1. The van der Waals surface area contributed by atoms with E-state index in [1.54, 1.807) is 12.1 Å². The van der Waals surface area contributed by atoms with Crippen LogP contribution in [0.1, 0.15) is 0 Å². The van der Waals surface area contributed by atoms with Crippen molar-refractivity contribution in [3.63, 3.8) is 0 Å². The van der Waals surface area contributed by atoms with Crippen molar-refractivity contribution in [1.29, 1.82) is 0 Å². The Bertz CT molecular complexity index is 827. The molecule has 0 amide bonds. The zero-order chi connectivity index (χ0) is 16.9. The molecule has 0 radical (unpaired) electrons. The molecule has 1 N–H and O–H groups in total. The summed E-state index contributed by atoms with van der Waals surface area (Å²) in [4.78, 5) is 4.30. The maximum absolute atomic E-state index is 11.9. The fourth-order valence-corrected chi connectivity index (χ4v) is 2.65. The number of aliphatic imine (C=N–C) groups is 1. The summed E-state index contributed by atoms with van der Waals surface area (Å²) in [6, 6.07) is 14.7. The number of allylic oxidation sites excluding steroid dienone is 1. The molecule has 2 aromatic carbocycles. The molecule has 0 aliphatic heterocycles. The van der Waals surface area contributed by atoms with E-state index in [0.29, 0.717) is 5.69 Å². The molecule has 0 bridgehead atoms. The summed E-state index contributed by atoms with van der Waals surface area (Å²) in [5.41, 5.74) is 1.46. The van der Waals surface area contributed by atoms with Gasteiger partial charge in [0.25, 0.3) is 0 Å². The molecule has 0 heterocycles. The van der Waals surface area contributed by atoms with Gasteiger partial charge in [0.15, 0.2) is 9.84 Å². The van der Waals surface area contributed by atoms with Gasteiger partial charge in [-0.15, -0.1) is 0 Å². The highest BCUT2D eigenvalue weighted by atomic mass is 79.9. The van der Waals surface area contributed by atoms with Crippen molar-refractivity contribution < 1.29 is 8.42 Å². The Balaban J connectivity index is 2.21. The van der Waals surface area contributed by atoms with Crippen LogP contribution in [0.25, 0.3) is 0 Å². The number of hydrogen-bond acceptors (Lipinski definition) is 4. The molecule has 0 atom stereocenters. The molecule has 0 saturated heterocycles. The molecule has 0 aromatic heterocycles. The summed E-state index contributed by atoms with van der Waals surface area (Å²) in [6.07, 6.45) is 3.92. The number of hydrogen-bond donors (Lipinski definition) is 1. The van der Waals surface area contributed by atoms with Crippen molar-refractivity contribution >= 4 is 59.3 Å². The third kappa shape index (κ3) is 5.93. The Morgan fingerprint density at radius 2 is 1.52 bits per heavy atom. The lowest BCUT2D eigenvalue weighted by Crippen LogP contribution is -2.05. The van der Waals surface area contributed by atoms with Crippen molar-refractivity contribution in [2.24, 2.45) is 4.99 Å². The normalized spacial score (nSPS) is 12.6. The Morgan fingerprint density at radius 3 is 2.04 bits per heavy atom. The zero-order valence-corrected chi connectivity index (χ0v) is 16.2. The van der Waals surface area contributed by atoms with E-state index in [9.17, 15) is 8.42 Å². The summed E-state index contributed by atoms with van der Waals surface area (Å²) >= 11 is 6.69. The second-order valence-corrected chi connectivity index (χ2v) is 8.55. The summed E-state index contributed by atoms with van der Waals surface area (Å²) < 4.78 is 25.6. The van der Waals surface area contributed by atoms with Gasteiger partial charge in [-0.1, -0.05) is 31.9 Å². The molecule has 0 aliphatic carbocycles. The first-order chi connectivity index (χ1) is 10.8. The fraction of sp³-hybridized carbons (Fsp3) is 0.0625. The third-order valence-electron chi connectivity index (χ3n) is 2.82.